The number of halogens is 1. The average Bonchev–Trinajstić information content (AvgIpc) is 2.84. The zero-order valence-corrected chi connectivity index (χ0v) is 16.4. The summed E-state index contributed by atoms with van der Waals surface area (Å²) in [6.45, 7) is 1.90. The maximum Gasteiger partial charge on any atom is 0.316 e. The van der Waals surface area contributed by atoms with Gasteiger partial charge in [0, 0.05) is 16.3 Å². The van der Waals surface area contributed by atoms with Crippen molar-refractivity contribution in [2.45, 2.75) is 19.4 Å². The summed E-state index contributed by atoms with van der Waals surface area (Å²) in [5.41, 5.74) is 3.91. The van der Waals surface area contributed by atoms with Crippen LogP contribution in [0.3, 0.4) is 0 Å². The number of nitrogens with one attached hydrogen (secondary N) is 2. The zero-order valence-electron chi connectivity index (χ0n) is 15.7. The van der Waals surface area contributed by atoms with Gasteiger partial charge in [-0.3, -0.25) is 9.59 Å². The summed E-state index contributed by atoms with van der Waals surface area (Å²) >= 11 is 6.49. The molecule has 0 saturated carbocycles. The number of carbonyl (C=O) groups excluding carboxylic acids is 2. The normalized spacial score (nSPS) is 23.7. The molecule has 2 N–H and O–H groups in total. The van der Waals surface area contributed by atoms with Crippen molar-refractivity contribution < 1.29 is 14.3 Å². The summed E-state index contributed by atoms with van der Waals surface area (Å²) in [5.74, 6) is -1.70. The Labute approximate surface area is 168 Å². The van der Waals surface area contributed by atoms with Crippen LogP contribution in [0, 0.1) is 11.8 Å². The molecule has 2 aromatic rings. The molecule has 0 bridgehead atoms. The predicted octanol–water partition coefficient (Wildman–Crippen LogP) is 4.57. The van der Waals surface area contributed by atoms with Crippen molar-refractivity contribution in [2.75, 3.05) is 17.7 Å². The van der Waals surface area contributed by atoms with Crippen LogP contribution in [0.5, 0.6) is 0 Å². The van der Waals surface area contributed by atoms with Crippen molar-refractivity contribution in [3.05, 3.63) is 70.4 Å². The Morgan fingerprint density at radius 1 is 1.11 bits per heavy atom. The number of ketones is 1. The number of benzene rings is 2. The Kier molecular flexibility index (Phi) is 4.85. The Morgan fingerprint density at radius 3 is 2.50 bits per heavy atom. The first kappa shape index (κ1) is 18.6. The van der Waals surface area contributed by atoms with Gasteiger partial charge in [0.15, 0.2) is 5.78 Å². The number of carbonyl (C=O) groups is 2. The number of methoxy groups -OCH3 is 1. The number of fused-ring (bicyclic) bond motifs is 1. The molecule has 6 heteroatoms. The van der Waals surface area contributed by atoms with Crippen LogP contribution in [0.1, 0.15) is 24.9 Å². The van der Waals surface area contributed by atoms with Crippen LogP contribution in [0.15, 0.2) is 59.8 Å². The summed E-state index contributed by atoms with van der Waals surface area (Å²) < 4.78 is 4.92. The van der Waals surface area contributed by atoms with Crippen molar-refractivity contribution in [1.82, 2.24) is 0 Å². The van der Waals surface area contributed by atoms with Crippen LogP contribution < -0.4 is 10.6 Å². The smallest absolute Gasteiger partial charge is 0.316 e. The molecule has 0 radical (unpaired) electrons. The molecule has 28 heavy (non-hydrogen) atoms. The van der Waals surface area contributed by atoms with Crippen molar-refractivity contribution in [2.24, 2.45) is 11.8 Å². The van der Waals surface area contributed by atoms with Gasteiger partial charge in [-0.05, 0) is 36.1 Å². The third-order valence-corrected chi connectivity index (χ3v) is 5.78. The number of hydrogen-bond donors (Lipinski definition) is 2. The van der Waals surface area contributed by atoms with Gasteiger partial charge in [0.25, 0.3) is 0 Å². The molecular weight excluding hydrogens is 376 g/mol. The largest absolute Gasteiger partial charge is 0.468 e. The van der Waals surface area contributed by atoms with Gasteiger partial charge in [-0.2, -0.15) is 0 Å². The third-order valence-electron chi connectivity index (χ3n) is 5.44. The van der Waals surface area contributed by atoms with E-state index in [2.05, 4.69) is 10.6 Å². The van der Waals surface area contributed by atoms with E-state index in [0.717, 1.165) is 22.6 Å². The monoisotopic (exact) mass is 396 g/mol. The lowest BCUT2D eigenvalue weighted by Crippen LogP contribution is -2.39. The zero-order chi connectivity index (χ0) is 19.8. The Morgan fingerprint density at radius 2 is 1.79 bits per heavy atom. The standard InChI is InChI=1S/C22H21ClN2O3/c1-12-11-17-19(21(26)18(12)22(27)28-2)20(13-7-3-4-8-14(13)23)25-16-10-6-5-9-15(16)24-17/h3-10,12,18,20,24-25H,11H2,1-2H3/t12-,18-,20+/m1/s1. The summed E-state index contributed by atoms with van der Waals surface area (Å²) in [7, 11) is 1.32. The first-order chi connectivity index (χ1) is 13.5. The number of para-hydroxylation sites is 2. The van der Waals surface area contributed by atoms with E-state index in [1.54, 1.807) is 6.07 Å². The van der Waals surface area contributed by atoms with Crippen molar-refractivity contribution in [3.63, 3.8) is 0 Å². The highest BCUT2D eigenvalue weighted by Gasteiger charge is 2.44. The highest BCUT2D eigenvalue weighted by molar-refractivity contribution is 6.31. The first-order valence-corrected chi connectivity index (χ1v) is 9.61. The molecule has 2 aromatic carbocycles. The number of ether oxygens (including phenoxy) is 1. The predicted molar refractivity (Wildman–Crippen MR) is 109 cm³/mol. The van der Waals surface area contributed by atoms with Crippen molar-refractivity contribution in [1.29, 1.82) is 0 Å². The van der Waals surface area contributed by atoms with Gasteiger partial charge in [-0.1, -0.05) is 48.9 Å². The maximum atomic E-state index is 13.5. The second-order valence-corrected chi connectivity index (χ2v) is 7.62. The minimum Gasteiger partial charge on any atom is -0.468 e. The quantitative estimate of drug-likeness (QED) is 0.575. The lowest BCUT2D eigenvalue weighted by atomic mass is 9.75. The number of allylic oxidation sites excluding steroid dienone is 1. The van der Waals surface area contributed by atoms with E-state index < -0.39 is 17.9 Å². The average molecular weight is 397 g/mol. The maximum absolute atomic E-state index is 13.5. The van der Waals surface area contributed by atoms with Gasteiger partial charge in [-0.25, -0.2) is 0 Å². The lowest BCUT2D eigenvalue weighted by Gasteiger charge is -2.32. The second-order valence-electron chi connectivity index (χ2n) is 7.21. The van der Waals surface area contributed by atoms with Gasteiger partial charge >= 0.3 is 5.97 Å². The van der Waals surface area contributed by atoms with Crippen LogP contribution in [0.2, 0.25) is 5.02 Å². The minimum atomic E-state index is -0.821. The molecule has 1 aliphatic carbocycles. The van der Waals surface area contributed by atoms with Gasteiger partial charge in [-0.15, -0.1) is 0 Å². The SMILES string of the molecule is COC(=O)[C@H]1C(=O)C2=C(C[C@H]1C)Nc1ccccc1N[C@H]2c1ccccc1Cl. The summed E-state index contributed by atoms with van der Waals surface area (Å²) in [6, 6.07) is 14.8. The Balaban J connectivity index is 1.90. The van der Waals surface area contributed by atoms with Gasteiger partial charge in [0.1, 0.15) is 5.92 Å². The second kappa shape index (κ2) is 7.32. The topological polar surface area (TPSA) is 67.4 Å². The molecule has 0 spiro atoms. The highest BCUT2D eigenvalue weighted by atomic mass is 35.5. The molecule has 0 amide bonds. The first-order valence-electron chi connectivity index (χ1n) is 9.23. The Bertz CT molecular complexity index is 985. The van der Waals surface area contributed by atoms with Gasteiger partial charge in [0.2, 0.25) is 0 Å². The molecule has 144 valence electrons. The molecular formula is C22H21ClN2O3. The lowest BCUT2D eigenvalue weighted by molar-refractivity contribution is -0.151. The molecule has 5 nitrogen and oxygen atoms in total. The number of esters is 1. The van der Waals surface area contributed by atoms with Crippen molar-refractivity contribution in [3.8, 4) is 0 Å². The van der Waals surface area contributed by atoms with E-state index >= 15 is 0 Å². The molecule has 0 saturated heterocycles. The van der Waals surface area contributed by atoms with E-state index in [4.69, 9.17) is 16.3 Å². The molecule has 0 aromatic heterocycles. The summed E-state index contributed by atoms with van der Waals surface area (Å²) in [5, 5.41) is 7.44. The van der Waals surface area contributed by atoms with E-state index in [0.29, 0.717) is 17.0 Å². The van der Waals surface area contributed by atoms with Crippen molar-refractivity contribution >= 4 is 34.7 Å². The molecule has 4 rings (SSSR count). The third kappa shape index (κ3) is 3.06. The van der Waals surface area contributed by atoms with Crippen LogP contribution in [-0.2, 0) is 14.3 Å². The molecule has 0 fully saturated rings. The van der Waals surface area contributed by atoms with Crippen LogP contribution in [-0.4, -0.2) is 18.9 Å². The molecule has 1 aliphatic heterocycles. The number of hydrogen-bond acceptors (Lipinski definition) is 5. The van der Waals surface area contributed by atoms with E-state index in [9.17, 15) is 9.59 Å². The summed E-state index contributed by atoms with van der Waals surface area (Å²) in [4.78, 5) is 25.8. The molecule has 1 heterocycles. The van der Waals surface area contributed by atoms with Gasteiger partial charge in [0.05, 0.1) is 24.5 Å². The fourth-order valence-electron chi connectivity index (χ4n) is 4.08. The minimum absolute atomic E-state index is 0.164. The molecule has 0 unspecified atom stereocenters. The van der Waals surface area contributed by atoms with Gasteiger partial charge < -0.3 is 15.4 Å². The van der Waals surface area contributed by atoms with E-state index in [1.807, 2.05) is 49.4 Å². The summed E-state index contributed by atoms with van der Waals surface area (Å²) in [6.07, 6.45) is 0.567. The molecule has 2 aliphatic rings. The van der Waals surface area contributed by atoms with Crippen LogP contribution in [0.25, 0.3) is 0 Å². The number of anilines is 2. The fourth-order valence-corrected chi connectivity index (χ4v) is 4.32. The Hall–Kier alpha value is -2.79. The van der Waals surface area contributed by atoms with E-state index in [1.165, 1.54) is 7.11 Å². The van der Waals surface area contributed by atoms with E-state index in [-0.39, 0.29) is 11.7 Å². The number of rotatable bonds is 2. The van der Waals surface area contributed by atoms with Crippen LogP contribution in [0.4, 0.5) is 11.4 Å². The molecule has 3 atom stereocenters. The highest BCUT2D eigenvalue weighted by Crippen LogP contribution is 2.44. The van der Waals surface area contributed by atoms with Crippen LogP contribution >= 0.6 is 11.6 Å². The number of Topliss-reactive ketones (excluding diaryl/α,β-unsaturated/α-hetero) is 1. The fraction of sp³-hybridized carbons (Fsp3) is 0.273.